The van der Waals surface area contributed by atoms with E-state index in [9.17, 15) is 4.79 Å². The van der Waals surface area contributed by atoms with Crippen molar-refractivity contribution in [3.63, 3.8) is 0 Å². The van der Waals surface area contributed by atoms with Crippen LogP contribution in [0.25, 0.3) is 0 Å². The lowest BCUT2D eigenvalue weighted by Gasteiger charge is -2.19. The van der Waals surface area contributed by atoms with Gasteiger partial charge in [-0.05, 0) is 33.8 Å². The molecule has 1 aromatic carbocycles. The number of hydrogen-bond acceptors (Lipinski definition) is 3. The molecule has 0 spiro atoms. The van der Waals surface area contributed by atoms with Crippen molar-refractivity contribution in [1.29, 1.82) is 0 Å². The Morgan fingerprint density at radius 1 is 1.50 bits per heavy atom. The van der Waals surface area contributed by atoms with Crippen LogP contribution >= 0.6 is 0 Å². The highest BCUT2D eigenvalue weighted by molar-refractivity contribution is 5.76. The highest BCUT2D eigenvalue weighted by Crippen LogP contribution is 2.42. The molecule has 1 aromatic rings. The van der Waals surface area contributed by atoms with Crippen LogP contribution in [-0.4, -0.2) is 17.5 Å². The normalized spacial score (nSPS) is 17.8. The van der Waals surface area contributed by atoms with E-state index in [4.69, 9.17) is 9.47 Å². The Morgan fingerprint density at radius 2 is 2.22 bits per heavy atom. The van der Waals surface area contributed by atoms with Crippen molar-refractivity contribution in [2.24, 2.45) is 0 Å². The molecule has 2 rings (SSSR count). The minimum atomic E-state index is -0.175. The Balaban J connectivity index is 2.17. The van der Waals surface area contributed by atoms with Crippen LogP contribution in [-0.2, 0) is 11.2 Å². The average Bonchev–Trinajstić information content (AvgIpc) is 2.52. The molecule has 98 valence electrons. The molecule has 0 aromatic heterocycles. The molecular formula is C15H20O3. The van der Waals surface area contributed by atoms with E-state index in [1.807, 2.05) is 19.1 Å². The number of rotatable bonds is 4. The summed E-state index contributed by atoms with van der Waals surface area (Å²) in [5.74, 6) is 1.71. The maximum atomic E-state index is 11.1. The summed E-state index contributed by atoms with van der Waals surface area (Å²) in [7, 11) is 0. The fourth-order valence-electron chi connectivity index (χ4n) is 2.34. The highest BCUT2D eigenvalue weighted by Gasteiger charge is 2.32. The molecule has 1 unspecified atom stereocenters. The molecule has 1 aliphatic heterocycles. The quantitative estimate of drug-likeness (QED) is 0.821. The van der Waals surface area contributed by atoms with Gasteiger partial charge in [-0.15, -0.1) is 0 Å². The minimum absolute atomic E-state index is 0.124. The van der Waals surface area contributed by atoms with E-state index in [-0.39, 0.29) is 17.5 Å². The Hall–Kier alpha value is -1.51. The second-order valence-corrected chi connectivity index (χ2v) is 5.62. The molecule has 0 radical (unpaired) electrons. The summed E-state index contributed by atoms with van der Waals surface area (Å²) in [6.45, 7) is 7.61. The van der Waals surface area contributed by atoms with E-state index in [1.54, 1.807) is 6.92 Å². The monoisotopic (exact) mass is 248 g/mol. The van der Waals surface area contributed by atoms with Gasteiger partial charge in [0.15, 0.2) is 11.5 Å². The van der Waals surface area contributed by atoms with E-state index >= 15 is 0 Å². The standard InChI is InChI=1S/C15H20O3/c1-10(16)8-11(2)17-13-7-5-6-12-9-15(3,4)18-14(12)13/h5-7,11H,8-9H2,1-4H3. The zero-order valence-corrected chi connectivity index (χ0v) is 11.4. The first-order valence-corrected chi connectivity index (χ1v) is 6.34. The largest absolute Gasteiger partial charge is 0.486 e. The summed E-state index contributed by atoms with van der Waals surface area (Å²) < 4.78 is 11.7. The zero-order valence-electron chi connectivity index (χ0n) is 11.4. The third-order valence-corrected chi connectivity index (χ3v) is 2.96. The van der Waals surface area contributed by atoms with Crippen molar-refractivity contribution >= 4 is 5.78 Å². The molecule has 0 amide bonds. The van der Waals surface area contributed by atoms with E-state index in [2.05, 4.69) is 19.9 Å². The number of carbonyl (C=O) groups excluding carboxylic acids is 1. The van der Waals surface area contributed by atoms with Crippen LogP contribution in [0, 0.1) is 0 Å². The number of para-hydroxylation sites is 1. The van der Waals surface area contributed by atoms with Gasteiger partial charge in [-0.1, -0.05) is 12.1 Å². The first kappa shape index (κ1) is 12.9. The highest BCUT2D eigenvalue weighted by atomic mass is 16.5. The molecule has 0 aliphatic carbocycles. The molecule has 18 heavy (non-hydrogen) atoms. The lowest BCUT2D eigenvalue weighted by molar-refractivity contribution is -0.118. The van der Waals surface area contributed by atoms with Gasteiger partial charge in [0.25, 0.3) is 0 Å². The molecule has 0 saturated carbocycles. The zero-order chi connectivity index (χ0) is 13.3. The summed E-state index contributed by atoms with van der Waals surface area (Å²) in [6, 6.07) is 5.93. The number of fused-ring (bicyclic) bond motifs is 1. The maximum Gasteiger partial charge on any atom is 0.165 e. The van der Waals surface area contributed by atoms with Crippen molar-refractivity contribution in [2.45, 2.75) is 52.2 Å². The molecule has 1 aliphatic rings. The minimum Gasteiger partial charge on any atom is -0.486 e. The number of Topliss-reactive ketones (excluding diaryl/α,β-unsaturated/α-hetero) is 1. The van der Waals surface area contributed by atoms with Gasteiger partial charge < -0.3 is 9.47 Å². The summed E-state index contributed by atoms with van der Waals surface area (Å²) in [4.78, 5) is 11.1. The van der Waals surface area contributed by atoms with Crippen LogP contribution in [0.2, 0.25) is 0 Å². The van der Waals surface area contributed by atoms with Crippen LogP contribution in [0.3, 0.4) is 0 Å². The average molecular weight is 248 g/mol. The molecule has 3 nitrogen and oxygen atoms in total. The van der Waals surface area contributed by atoms with Crippen LogP contribution in [0.4, 0.5) is 0 Å². The summed E-state index contributed by atoms with van der Waals surface area (Å²) in [5, 5.41) is 0. The summed E-state index contributed by atoms with van der Waals surface area (Å²) in [5.41, 5.74) is 0.999. The number of ether oxygens (including phenoxy) is 2. The van der Waals surface area contributed by atoms with E-state index in [0.717, 1.165) is 17.9 Å². The van der Waals surface area contributed by atoms with Crippen LogP contribution in [0.1, 0.15) is 39.7 Å². The predicted molar refractivity (Wildman–Crippen MR) is 70.2 cm³/mol. The molecule has 0 bridgehead atoms. The van der Waals surface area contributed by atoms with Crippen molar-refractivity contribution < 1.29 is 14.3 Å². The van der Waals surface area contributed by atoms with Crippen LogP contribution in [0.15, 0.2) is 18.2 Å². The van der Waals surface area contributed by atoms with Gasteiger partial charge in [0.2, 0.25) is 0 Å². The Labute approximate surface area is 108 Å². The van der Waals surface area contributed by atoms with Gasteiger partial charge in [0.1, 0.15) is 17.5 Å². The lowest BCUT2D eigenvalue weighted by Crippen LogP contribution is -2.25. The van der Waals surface area contributed by atoms with Gasteiger partial charge in [0.05, 0.1) is 0 Å². The molecular weight excluding hydrogens is 228 g/mol. The van der Waals surface area contributed by atoms with Gasteiger partial charge >= 0.3 is 0 Å². The van der Waals surface area contributed by atoms with Crippen LogP contribution < -0.4 is 9.47 Å². The molecule has 1 atom stereocenters. The fourth-order valence-corrected chi connectivity index (χ4v) is 2.34. The molecule has 0 fully saturated rings. The van der Waals surface area contributed by atoms with E-state index in [0.29, 0.717) is 6.42 Å². The van der Waals surface area contributed by atoms with Crippen molar-refractivity contribution in [3.05, 3.63) is 23.8 Å². The number of carbonyl (C=O) groups is 1. The molecule has 3 heteroatoms. The van der Waals surface area contributed by atoms with Crippen molar-refractivity contribution in [1.82, 2.24) is 0 Å². The van der Waals surface area contributed by atoms with Gasteiger partial charge in [-0.3, -0.25) is 4.79 Å². The first-order valence-electron chi connectivity index (χ1n) is 6.34. The van der Waals surface area contributed by atoms with E-state index in [1.165, 1.54) is 5.56 Å². The maximum absolute atomic E-state index is 11.1. The Morgan fingerprint density at radius 3 is 2.89 bits per heavy atom. The fraction of sp³-hybridized carbons (Fsp3) is 0.533. The lowest BCUT2D eigenvalue weighted by atomic mass is 10.0. The summed E-state index contributed by atoms with van der Waals surface area (Å²) in [6.07, 6.45) is 1.19. The van der Waals surface area contributed by atoms with Crippen molar-refractivity contribution in [2.75, 3.05) is 0 Å². The van der Waals surface area contributed by atoms with Gasteiger partial charge in [-0.2, -0.15) is 0 Å². The smallest absolute Gasteiger partial charge is 0.165 e. The second-order valence-electron chi connectivity index (χ2n) is 5.62. The third kappa shape index (κ3) is 2.84. The Kier molecular flexibility index (Phi) is 3.33. The number of benzene rings is 1. The van der Waals surface area contributed by atoms with Crippen molar-refractivity contribution in [3.8, 4) is 11.5 Å². The molecule has 1 heterocycles. The molecule has 0 saturated heterocycles. The Bertz CT molecular complexity index is 463. The SMILES string of the molecule is CC(=O)CC(C)Oc1cccc2c1OC(C)(C)C2. The third-order valence-electron chi connectivity index (χ3n) is 2.96. The molecule has 0 N–H and O–H groups in total. The van der Waals surface area contributed by atoms with Gasteiger partial charge in [-0.25, -0.2) is 0 Å². The topological polar surface area (TPSA) is 35.5 Å². The van der Waals surface area contributed by atoms with Gasteiger partial charge in [0, 0.05) is 18.4 Å². The summed E-state index contributed by atoms with van der Waals surface area (Å²) >= 11 is 0. The first-order chi connectivity index (χ1) is 8.37. The number of ketones is 1. The predicted octanol–water partition coefficient (Wildman–Crippen LogP) is 3.15. The van der Waals surface area contributed by atoms with E-state index < -0.39 is 0 Å². The second kappa shape index (κ2) is 4.63. The number of hydrogen-bond donors (Lipinski definition) is 0. The van der Waals surface area contributed by atoms with Crippen LogP contribution in [0.5, 0.6) is 11.5 Å².